The molecule has 0 spiro atoms. The third-order valence-electron chi connectivity index (χ3n) is 2.91. The lowest BCUT2D eigenvalue weighted by atomic mass is 10.1. The van der Waals surface area contributed by atoms with Crippen LogP contribution in [-0.4, -0.2) is 36.2 Å². The number of aliphatic carboxylic acids is 1. The maximum atomic E-state index is 12.3. The van der Waals surface area contributed by atoms with E-state index < -0.39 is 25.5 Å². The Kier molecular flexibility index (Phi) is 7.26. The SMILES string of the molecule is CC(C)C(OP(C)(=O)CNC(=O)OCc1ccccc1)C(=O)O. The molecule has 1 aromatic rings. The second-order valence-electron chi connectivity index (χ2n) is 5.52. The number of hydrogen-bond acceptors (Lipinski definition) is 5. The molecule has 0 heterocycles. The molecule has 7 nitrogen and oxygen atoms in total. The predicted molar refractivity (Wildman–Crippen MR) is 85.5 cm³/mol. The molecule has 1 aromatic carbocycles. The fraction of sp³-hybridized carbons (Fsp3) is 0.467. The molecule has 2 unspecified atom stereocenters. The Morgan fingerprint density at radius 3 is 2.39 bits per heavy atom. The van der Waals surface area contributed by atoms with Gasteiger partial charge < -0.3 is 19.7 Å². The number of ether oxygens (including phenoxy) is 1. The number of alkyl carbamates (subject to hydrolysis) is 1. The first-order valence-electron chi connectivity index (χ1n) is 7.13. The number of rotatable bonds is 8. The van der Waals surface area contributed by atoms with Crippen molar-refractivity contribution in [2.24, 2.45) is 5.92 Å². The zero-order valence-corrected chi connectivity index (χ0v) is 14.3. The van der Waals surface area contributed by atoms with Crippen LogP contribution < -0.4 is 5.32 Å². The van der Waals surface area contributed by atoms with E-state index in [0.29, 0.717) is 0 Å². The molecule has 0 radical (unpaired) electrons. The van der Waals surface area contributed by atoms with E-state index >= 15 is 0 Å². The third-order valence-corrected chi connectivity index (χ3v) is 4.31. The van der Waals surface area contributed by atoms with E-state index in [1.165, 1.54) is 6.66 Å². The fourth-order valence-electron chi connectivity index (χ4n) is 1.71. The number of nitrogens with one attached hydrogen (secondary N) is 1. The van der Waals surface area contributed by atoms with Crippen LogP contribution in [-0.2, 0) is 25.2 Å². The van der Waals surface area contributed by atoms with E-state index in [1.807, 2.05) is 18.2 Å². The van der Waals surface area contributed by atoms with Crippen molar-refractivity contribution >= 4 is 19.4 Å². The molecule has 2 N–H and O–H groups in total. The molecule has 23 heavy (non-hydrogen) atoms. The van der Waals surface area contributed by atoms with Crippen LogP contribution in [0.1, 0.15) is 19.4 Å². The molecule has 0 saturated carbocycles. The second kappa shape index (κ2) is 8.70. The monoisotopic (exact) mass is 343 g/mol. The standard InChI is InChI=1S/C15H22NO6P/c1-11(2)13(14(17)18)22-23(3,20)10-16-15(19)21-9-12-7-5-4-6-8-12/h4-8,11,13H,9-10H2,1-3H3,(H,16,19)(H,17,18). The van der Waals surface area contributed by atoms with Crippen LogP contribution in [0, 0.1) is 5.92 Å². The molecule has 0 bridgehead atoms. The lowest BCUT2D eigenvalue weighted by Gasteiger charge is -2.22. The van der Waals surface area contributed by atoms with Crippen molar-refractivity contribution in [3.63, 3.8) is 0 Å². The Labute approximate surface area is 135 Å². The zero-order chi connectivity index (χ0) is 17.5. The Morgan fingerprint density at radius 2 is 1.87 bits per heavy atom. The molecule has 128 valence electrons. The first-order valence-corrected chi connectivity index (χ1v) is 9.39. The van der Waals surface area contributed by atoms with E-state index in [9.17, 15) is 14.2 Å². The van der Waals surface area contributed by atoms with E-state index in [-0.39, 0.29) is 18.8 Å². The quantitative estimate of drug-likeness (QED) is 0.704. The topological polar surface area (TPSA) is 102 Å². The van der Waals surface area contributed by atoms with Crippen LogP contribution in [0.2, 0.25) is 0 Å². The molecule has 0 aliphatic carbocycles. The van der Waals surface area contributed by atoms with Gasteiger partial charge in [0.15, 0.2) is 6.10 Å². The van der Waals surface area contributed by atoms with Gasteiger partial charge in [-0.15, -0.1) is 0 Å². The van der Waals surface area contributed by atoms with Gasteiger partial charge in [0.2, 0.25) is 7.37 Å². The maximum absolute atomic E-state index is 12.3. The Bertz CT molecular complexity index is 575. The average molecular weight is 343 g/mol. The zero-order valence-electron chi connectivity index (χ0n) is 13.4. The van der Waals surface area contributed by atoms with E-state index in [2.05, 4.69) is 5.32 Å². The van der Waals surface area contributed by atoms with Crippen molar-refractivity contribution in [3.05, 3.63) is 35.9 Å². The van der Waals surface area contributed by atoms with Gasteiger partial charge in [-0.25, -0.2) is 9.59 Å². The average Bonchev–Trinajstić information content (AvgIpc) is 2.49. The van der Waals surface area contributed by atoms with Crippen molar-refractivity contribution in [1.29, 1.82) is 0 Å². The van der Waals surface area contributed by atoms with Gasteiger partial charge in [-0.3, -0.25) is 4.57 Å². The lowest BCUT2D eigenvalue weighted by molar-refractivity contribution is -0.147. The molecular weight excluding hydrogens is 321 g/mol. The van der Waals surface area contributed by atoms with Crippen molar-refractivity contribution in [1.82, 2.24) is 5.32 Å². The lowest BCUT2D eigenvalue weighted by Crippen LogP contribution is -2.31. The van der Waals surface area contributed by atoms with Gasteiger partial charge in [-0.2, -0.15) is 0 Å². The van der Waals surface area contributed by atoms with Gasteiger partial charge in [0.05, 0.1) is 6.29 Å². The van der Waals surface area contributed by atoms with Gasteiger partial charge in [0.1, 0.15) is 6.61 Å². The van der Waals surface area contributed by atoms with Gasteiger partial charge >= 0.3 is 12.1 Å². The largest absolute Gasteiger partial charge is 0.479 e. The number of carbonyl (C=O) groups excluding carboxylic acids is 1. The van der Waals surface area contributed by atoms with Gasteiger partial charge in [-0.05, 0) is 11.5 Å². The van der Waals surface area contributed by atoms with Crippen molar-refractivity contribution < 1.29 is 28.5 Å². The summed E-state index contributed by atoms with van der Waals surface area (Å²) in [7, 11) is -3.30. The van der Waals surface area contributed by atoms with Crippen LogP contribution >= 0.6 is 7.37 Å². The summed E-state index contributed by atoms with van der Waals surface area (Å²) in [6, 6.07) is 9.11. The molecule has 1 rings (SSSR count). The molecule has 2 atom stereocenters. The first kappa shape index (κ1) is 19.2. The molecule has 0 aliphatic rings. The number of carboxylic acids is 1. The van der Waals surface area contributed by atoms with Crippen LogP contribution in [0.5, 0.6) is 0 Å². The summed E-state index contributed by atoms with van der Waals surface area (Å²) < 4.78 is 22.4. The number of carboxylic acid groups (broad SMARTS) is 1. The Morgan fingerprint density at radius 1 is 1.26 bits per heavy atom. The normalized spacial score (nSPS) is 14.8. The second-order valence-corrected chi connectivity index (χ2v) is 8.07. The van der Waals surface area contributed by atoms with Crippen LogP contribution in [0.3, 0.4) is 0 Å². The highest BCUT2D eigenvalue weighted by Crippen LogP contribution is 2.43. The van der Waals surface area contributed by atoms with E-state index in [1.54, 1.807) is 26.0 Å². The van der Waals surface area contributed by atoms with Crippen molar-refractivity contribution in [2.75, 3.05) is 13.0 Å². The van der Waals surface area contributed by atoms with Crippen molar-refractivity contribution in [3.8, 4) is 0 Å². The molecule has 0 fully saturated rings. The highest BCUT2D eigenvalue weighted by atomic mass is 31.2. The minimum atomic E-state index is -3.30. The molecule has 8 heteroatoms. The number of amides is 1. The minimum absolute atomic E-state index is 0.0886. The molecular formula is C15H22NO6P. The number of benzene rings is 1. The molecule has 0 aliphatic heterocycles. The summed E-state index contributed by atoms with van der Waals surface area (Å²) in [6.45, 7) is 4.68. The highest BCUT2D eigenvalue weighted by Gasteiger charge is 2.30. The first-order chi connectivity index (χ1) is 10.7. The van der Waals surface area contributed by atoms with Crippen molar-refractivity contribution in [2.45, 2.75) is 26.6 Å². The minimum Gasteiger partial charge on any atom is -0.479 e. The van der Waals surface area contributed by atoms with E-state index in [4.69, 9.17) is 14.4 Å². The summed E-state index contributed by atoms with van der Waals surface area (Å²) >= 11 is 0. The Balaban J connectivity index is 2.44. The predicted octanol–water partition coefficient (Wildman–Crippen LogP) is 2.90. The van der Waals surface area contributed by atoms with Gasteiger partial charge in [0.25, 0.3) is 0 Å². The summed E-state index contributed by atoms with van der Waals surface area (Å²) in [5.74, 6) is -1.53. The Hall–Kier alpha value is -1.85. The third kappa shape index (κ3) is 7.30. The summed E-state index contributed by atoms with van der Waals surface area (Å²) in [4.78, 5) is 22.6. The highest BCUT2D eigenvalue weighted by molar-refractivity contribution is 7.58. The van der Waals surface area contributed by atoms with Crippen LogP contribution in [0.4, 0.5) is 4.79 Å². The van der Waals surface area contributed by atoms with Gasteiger partial charge in [0, 0.05) is 6.66 Å². The summed E-state index contributed by atoms with van der Waals surface area (Å²) in [6.07, 6.45) is -2.22. The smallest absolute Gasteiger partial charge is 0.407 e. The molecule has 1 amide bonds. The molecule has 0 saturated heterocycles. The summed E-state index contributed by atoms with van der Waals surface area (Å²) in [5.41, 5.74) is 0.823. The number of carbonyl (C=O) groups is 2. The van der Waals surface area contributed by atoms with Crippen LogP contribution in [0.25, 0.3) is 0 Å². The number of hydrogen-bond donors (Lipinski definition) is 2. The summed E-state index contributed by atoms with van der Waals surface area (Å²) in [5, 5.41) is 11.4. The fourth-order valence-corrected chi connectivity index (χ4v) is 3.02. The van der Waals surface area contributed by atoms with E-state index in [0.717, 1.165) is 5.56 Å². The maximum Gasteiger partial charge on any atom is 0.407 e. The molecule has 0 aromatic heterocycles. The van der Waals surface area contributed by atoms with Gasteiger partial charge in [-0.1, -0.05) is 44.2 Å². The van der Waals surface area contributed by atoms with Crippen LogP contribution in [0.15, 0.2) is 30.3 Å².